The van der Waals surface area contributed by atoms with E-state index in [1.807, 2.05) is 0 Å². The van der Waals surface area contributed by atoms with E-state index in [9.17, 15) is 0 Å². The molecular weight excluding hydrogens is 230 g/mol. The average molecular weight is 265 g/mol. The Kier molecular flexibility index (Phi) is 4.98. The SMILES string of the molecule is CC1CCCCC1(C)C1(C)CCCC(CCCN)C1. The van der Waals surface area contributed by atoms with Crippen LogP contribution in [0.5, 0.6) is 0 Å². The van der Waals surface area contributed by atoms with E-state index in [0.29, 0.717) is 10.8 Å². The Balaban J connectivity index is 2.07. The summed E-state index contributed by atoms with van der Waals surface area (Å²) in [4.78, 5) is 0. The first-order valence-corrected chi connectivity index (χ1v) is 8.72. The third-order valence-corrected chi connectivity index (χ3v) is 6.95. The molecule has 0 heterocycles. The molecular formula is C18H35N. The lowest BCUT2D eigenvalue weighted by Gasteiger charge is -2.56. The molecule has 2 aliphatic rings. The second-order valence-electron chi connectivity index (χ2n) is 8.02. The van der Waals surface area contributed by atoms with Crippen LogP contribution in [-0.4, -0.2) is 6.54 Å². The Labute approximate surface area is 120 Å². The van der Waals surface area contributed by atoms with Crippen molar-refractivity contribution < 1.29 is 0 Å². The fourth-order valence-electron chi connectivity index (χ4n) is 5.20. The highest BCUT2D eigenvalue weighted by Gasteiger charge is 2.49. The maximum atomic E-state index is 5.70. The Morgan fingerprint density at radius 2 is 1.84 bits per heavy atom. The van der Waals surface area contributed by atoms with Crippen molar-refractivity contribution in [3.05, 3.63) is 0 Å². The highest BCUT2D eigenvalue weighted by Crippen LogP contribution is 2.59. The summed E-state index contributed by atoms with van der Waals surface area (Å²) in [7, 11) is 0. The van der Waals surface area contributed by atoms with Gasteiger partial charge in [-0.05, 0) is 61.3 Å². The van der Waals surface area contributed by atoms with Crippen LogP contribution in [0.2, 0.25) is 0 Å². The lowest BCUT2D eigenvalue weighted by atomic mass is 9.49. The number of hydrogen-bond acceptors (Lipinski definition) is 1. The molecule has 0 aliphatic heterocycles. The fraction of sp³-hybridized carbons (Fsp3) is 1.00. The minimum absolute atomic E-state index is 0.588. The van der Waals surface area contributed by atoms with Crippen molar-refractivity contribution in [2.24, 2.45) is 28.4 Å². The molecule has 0 bridgehead atoms. The molecule has 0 amide bonds. The Morgan fingerprint density at radius 3 is 2.53 bits per heavy atom. The number of nitrogens with two attached hydrogens (primary N) is 1. The predicted octanol–water partition coefficient (Wildman–Crippen LogP) is 5.14. The molecule has 2 aliphatic carbocycles. The summed E-state index contributed by atoms with van der Waals surface area (Å²) >= 11 is 0. The van der Waals surface area contributed by atoms with Crippen LogP contribution in [0.25, 0.3) is 0 Å². The van der Waals surface area contributed by atoms with E-state index in [1.54, 1.807) is 0 Å². The molecule has 1 heteroatoms. The van der Waals surface area contributed by atoms with Gasteiger partial charge in [0.25, 0.3) is 0 Å². The molecule has 2 rings (SSSR count). The van der Waals surface area contributed by atoms with E-state index >= 15 is 0 Å². The van der Waals surface area contributed by atoms with Crippen molar-refractivity contribution in [1.82, 2.24) is 0 Å². The quantitative estimate of drug-likeness (QED) is 0.748. The largest absolute Gasteiger partial charge is 0.330 e. The van der Waals surface area contributed by atoms with E-state index in [1.165, 1.54) is 64.2 Å². The standard InChI is InChI=1S/C18H35N/c1-15-8-4-5-12-18(15,3)17(2)11-6-9-16(14-17)10-7-13-19/h15-16H,4-14,19H2,1-3H3. The van der Waals surface area contributed by atoms with Crippen molar-refractivity contribution in [2.45, 2.75) is 85.0 Å². The summed E-state index contributed by atoms with van der Waals surface area (Å²) in [5, 5.41) is 0. The van der Waals surface area contributed by atoms with Gasteiger partial charge in [-0.15, -0.1) is 0 Å². The van der Waals surface area contributed by atoms with Gasteiger partial charge in [0.15, 0.2) is 0 Å². The van der Waals surface area contributed by atoms with Gasteiger partial charge in [-0.3, -0.25) is 0 Å². The highest BCUT2D eigenvalue weighted by atomic mass is 14.6. The minimum Gasteiger partial charge on any atom is -0.330 e. The summed E-state index contributed by atoms with van der Waals surface area (Å²) in [6.07, 6.45) is 14.3. The van der Waals surface area contributed by atoms with Gasteiger partial charge in [0.05, 0.1) is 0 Å². The lowest BCUT2D eigenvalue weighted by molar-refractivity contribution is -0.0596. The first kappa shape index (κ1) is 15.4. The summed E-state index contributed by atoms with van der Waals surface area (Å²) < 4.78 is 0. The molecule has 0 spiro atoms. The Hall–Kier alpha value is -0.0400. The highest BCUT2D eigenvalue weighted by molar-refractivity contribution is 4.99. The summed E-state index contributed by atoms with van der Waals surface area (Å²) in [5.41, 5.74) is 6.88. The van der Waals surface area contributed by atoms with Crippen LogP contribution in [0.1, 0.15) is 85.0 Å². The molecule has 2 saturated carbocycles. The van der Waals surface area contributed by atoms with E-state index in [-0.39, 0.29) is 0 Å². The van der Waals surface area contributed by atoms with Crippen LogP contribution >= 0.6 is 0 Å². The maximum absolute atomic E-state index is 5.70. The van der Waals surface area contributed by atoms with Gasteiger partial charge in [0.2, 0.25) is 0 Å². The van der Waals surface area contributed by atoms with Gasteiger partial charge in [-0.2, -0.15) is 0 Å². The molecule has 19 heavy (non-hydrogen) atoms. The van der Waals surface area contributed by atoms with E-state index < -0.39 is 0 Å². The number of rotatable bonds is 4. The summed E-state index contributed by atoms with van der Waals surface area (Å²) in [6.45, 7) is 8.63. The van der Waals surface area contributed by atoms with Crippen molar-refractivity contribution in [1.29, 1.82) is 0 Å². The normalized spacial score (nSPS) is 44.2. The maximum Gasteiger partial charge on any atom is -0.00772 e. The second kappa shape index (κ2) is 6.16. The van der Waals surface area contributed by atoms with Crippen LogP contribution < -0.4 is 5.73 Å². The minimum atomic E-state index is 0.588. The molecule has 2 fully saturated rings. The van der Waals surface area contributed by atoms with E-state index in [0.717, 1.165) is 18.4 Å². The zero-order valence-electron chi connectivity index (χ0n) is 13.5. The van der Waals surface area contributed by atoms with Crippen molar-refractivity contribution in [2.75, 3.05) is 6.54 Å². The van der Waals surface area contributed by atoms with Crippen LogP contribution in [0.4, 0.5) is 0 Å². The smallest absolute Gasteiger partial charge is 0.00772 e. The molecule has 112 valence electrons. The summed E-state index contributed by atoms with van der Waals surface area (Å²) in [6, 6.07) is 0. The van der Waals surface area contributed by atoms with Crippen LogP contribution in [0.15, 0.2) is 0 Å². The topological polar surface area (TPSA) is 26.0 Å². The Bertz CT molecular complexity index is 287. The molecule has 4 unspecified atom stereocenters. The predicted molar refractivity (Wildman–Crippen MR) is 84.1 cm³/mol. The van der Waals surface area contributed by atoms with Gasteiger partial charge in [-0.25, -0.2) is 0 Å². The average Bonchev–Trinajstić information content (AvgIpc) is 2.40. The summed E-state index contributed by atoms with van der Waals surface area (Å²) in [5.74, 6) is 1.87. The zero-order chi connectivity index (χ0) is 13.9. The molecule has 1 nitrogen and oxygen atoms in total. The first-order valence-electron chi connectivity index (χ1n) is 8.72. The Morgan fingerprint density at radius 1 is 1.05 bits per heavy atom. The molecule has 4 atom stereocenters. The van der Waals surface area contributed by atoms with Crippen molar-refractivity contribution >= 4 is 0 Å². The molecule has 2 N–H and O–H groups in total. The van der Waals surface area contributed by atoms with Gasteiger partial charge < -0.3 is 5.73 Å². The van der Waals surface area contributed by atoms with Crippen LogP contribution in [0, 0.1) is 22.7 Å². The van der Waals surface area contributed by atoms with E-state index in [2.05, 4.69) is 20.8 Å². The fourth-order valence-corrected chi connectivity index (χ4v) is 5.20. The number of hydrogen-bond donors (Lipinski definition) is 1. The molecule has 0 aromatic rings. The van der Waals surface area contributed by atoms with E-state index in [4.69, 9.17) is 5.73 Å². The monoisotopic (exact) mass is 265 g/mol. The third-order valence-electron chi connectivity index (χ3n) is 6.95. The lowest BCUT2D eigenvalue weighted by Crippen LogP contribution is -2.46. The van der Waals surface area contributed by atoms with Crippen molar-refractivity contribution in [3.63, 3.8) is 0 Å². The first-order chi connectivity index (χ1) is 9.02. The van der Waals surface area contributed by atoms with Crippen molar-refractivity contribution in [3.8, 4) is 0 Å². The van der Waals surface area contributed by atoms with Gasteiger partial charge in [0, 0.05) is 0 Å². The molecule has 0 radical (unpaired) electrons. The molecule has 0 aromatic heterocycles. The molecule has 0 saturated heterocycles. The van der Waals surface area contributed by atoms with Gasteiger partial charge in [0.1, 0.15) is 0 Å². The zero-order valence-corrected chi connectivity index (χ0v) is 13.5. The second-order valence-corrected chi connectivity index (χ2v) is 8.02. The van der Waals surface area contributed by atoms with Crippen LogP contribution in [0.3, 0.4) is 0 Å². The third kappa shape index (κ3) is 3.01. The van der Waals surface area contributed by atoms with Gasteiger partial charge in [-0.1, -0.05) is 52.9 Å². The molecule has 0 aromatic carbocycles. The van der Waals surface area contributed by atoms with Gasteiger partial charge >= 0.3 is 0 Å². The van der Waals surface area contributed by atoms with Crippen LogP contribution in [-0.2, 0) is 0 Å².